The first-order chi connectivity index (χ1) is 14.1. The molecule has 1 amide bonds. The van der Waals surface area contributed by atoms with Crippen LogP contribution < -0.4 is 16.6 Å². The second kappa shape index (κ2) is 7.60. The van der Waals surface area contributed by atoms with Gasteiger partial charge in [-0.05, 0) is 24.5 Å². The summed E-state index contributed by atoms with van der Waals surface area (Å²) in [7, 11) is 0. The summed E-state index contributed by atoms with van der Waals surface area (Å²) in [5.41, 5.74) is 1.50. The molecule has 2 aromatic carbocycles. The molecule has 144 valence electrons. The minimum atomic E-state index is -0.711. The minimum Gasteiger partial charge on any atom is -0.324 e. The Morgan fingerprint density at radius 1 is 1.07 bits per heavy atom. The van der Waals surface area contributed by atoms with Crippen LogP contribution in [0.1, 0.15) is 17.7 Å². The normalized spacial score (nSPS) is 12.2. The van der Waals surface area contributed by atoms with Gasteiger partial charge < -0.3 is 5.32 Å². The van der Waals surface area contributed by atoms with E-state index in [1.54, 1.807) is 12.1 Å². The van der Waals surface area contributed by atoms with Crippen molar-refractivity contribution in [2.45, 2.75) is 25.9 Å². The topological polar surface area (TPSA) is 96.9 Å². The minimum absolute atomic E-state index is 0.0559. The molecule has 29 heavy (non-hydrogen) atoms. The molecular formula is C22H18N4O3. The first kappa shape index (κ1) is 18.4. The molecule has 7 nitrogen and oxygen atoms in total. The number of rotatable bonds is 4. The van der Waals surface area contributed by atoms with Gasteiger partial charge in [0.1, 0.15) is 18.2 Å². The summed E-state index contributed by atoms with van der Waals surface area (Å²) in [4.78, 5) is 37.9. The van der Waals surface area contributed by atoms with Gasteiger partial charge in [-0.15, -0.1) is 0 Å². The van der Waals surface area contributed by atoms with E-state index in [9.17, 15) is 19.6 Å². The van der Waals surface area contributed by atoms with Crippen molar-refractivity contribution in [1.29, 1.82) is 5.26 Å². The molecule has 0 saturated heterocycles. The Morgan fingerprint density at radius 3 is 2.55 bits per heavy atom. The highest BCUT2D eigenvalue weighted by Gasteiger charge is 2.23. The highest BCUT2D eigenvalue weighted by molar-refractivity contribution is 5.95. The van der Waals surface area contributed by atoms with Gasteiger partial charge >= 0.3 is 5.69 Å². The highest BCUT2D eigenvalue weighted by Crippen LogP contribution is 2.27. The average molecular weight is 386 g/mol. The number of nitriles is 1. The first-order valence-corrected chi connectivity index (χ1v) is 9.31. The van der Waals surface area contributed by atoms with Crippen molar-refractivity contribution >= 4 is 11.6 Å². The van der Waals surface area contributed by atoms with Crippen molar-refractivity contribution in [3.05, 3.63) is 86.7 Å². The number of fused-ring (bicyclic) bond motifs is 1. The van der Waals surface area contributed by atoms with E-state index in [0.717, 1.165) is 15.7 Å². The van der Waals surface area contributed by atoms with Crippen LogP contribution in [-0.4, -0.2) is 15.0 Å². The SMILES string of the molecule is N#Cc1c2n(c(=O)n(CC(=O)Nc3ccccc3-c3ccccc3)c1=O)CCC2. The summed E-state index contributed by atoms with van der Waals surface area (Å²) in [6, 6.07) is 18.8. The molecule has 1 aliphatic rings. The molecule has 0 bridgehead atoms. The zero-order chi connectivity index (χ0) is 20.4. The first-order valence-electron chi connectivity index (χ1n) is 9.31. The van der Waals surface area contributed by atoms with Crippen molar-refractivity contribution in [1.82, 2.24) is 9.13 Å². The summed E-state index contributed by atoms with van der Waals surface area (Å²) < 4.78 is 2.26. The molecule has 1 aliphatic heterocycles. The van der Waals surface area contributed by atoms with E-state index in [0.29, 0.717) is 30.8 Å². The van der Waals surface area contributed by atoms with Crippen LogP contribution in [0.5, 0.6) is 0 Å². The Balaban J connectivity index is 1.66. The Bertz CT molecular complexity index is 1250. The summed E-state index contributed by atoms with van der Waals surface area (Å²) in [5.74, 6) is -0.505. The molecular weight excluding hydrogens is 368 g/mol. The molecule has 0 saturated carbocycles. The average Bonchev–Trinajstić information content (AvgIpc) is 3.22. The fourth-order valence-electron chi connectivity index (χ4n) is 3.68. The van der Waals surface area contributed by atoms with Gasteiger partial charge in [-0.25, -0.2) is 9.36 Å². The fourth-order valence-corrected chi connectivity index (χ4v) is 3.68. The summed E-state index contributed by atoms with van der Waals surface area (Å²) in [5, 5.41) is 12.1. The Hall–Kier alpha value is -3.92. The van der Waals surface area contributed by atoms with Gasteiger partial charge in [0.2, 0.25) is 5.91 Å². The standard InChI is InChI=1S/C22H18N4O3/c23-13-17-19-11-6-12-25(19)22(29)26(21(17)28)14-20(27)24-18-10-5-4-9-16(18)15-7-2-1-3-8-15/h1-5,7-10H,6,11-12,14H2,(H,24,27). The van der Waals surface area contributed by atoms with Crippen LogP contribution in [0.2, 0.25) is 0 Å². The third-order valence-corrected chi connectivity index (χ3v) is 5.03. The third kappa shape index (κ3) is 3.36. The summed E-state index contributed by atoms with van der Waals surface area (Å²) in [6.07, 6.45) is 1.22. The third-order valence-electron chi connectivity index (χ3n) is 5.03. The maximum atomic E-state index is 12.7. The van der Waals surface area contributed by atoms with Gasteiger partial charge in [-0.3, -0.25) is 14.2 Å². The van der Waals surface area contributed by atoms with Crippen LogP contribution in [0.25, 0.3) is 11.1 Å². The van der Waals surface area contributed by atoms with Gasteiger partial charge in [0, 0.05) is 23.5 Å². The number of hydrogen-bond acceptors (Lipinski definition) is 4. The number of anilines is 1. The van der Waals surface area contributed by atoms with Crippen molar-refractivity contribution in [3.63, 3.8) is 0 Å². The van der Waals surface area contributed by atoms with Crippen LogP contribution in [0.15, 0.2) is 64.2 Å². The number of carbonyl (C=O) groups excluding carboxylic acids is 1. The van der Waals surface area contributed by atoms with Gasteiger partial charge in [0.05, 0.1) is 0 Å². The summed E-state index contributed by atoms with van der Waals surface area (Å²) >= 11 is 0. The molecule has 4 rings (SSSR count). The molecule has 0 fully saturated rings. The molecule has 1 N–H and O–H groups in total. The van der Waals surface area contributed by atoms with Gasteiger partial charge in [-0.1, -0.05) is 48.5 Å². The lowest BCUT2D eigenvalue weighted by atomic mass is 10.0. The number of benzene rings is 2. The van der Waals surface area contributed by atoms with Gasteiger partial charge in [0.15, 0.2) is 0 Å². The number of hydrogen-bond donors (Lipinski definition) is 1. The molecule has 0 aliphatic carbocycles. The van der Waals surface area contributed by atoms with E-state index in [2.05, 4.69) is 5.32 Å². The second-order valence-electron chi connectivity index (χ2n) is 6.82. The molecule has 0 unspecified atom stereocenters. The van der Waals surface area contributed by atoms with Crippen molar-refractivity contribution in [2.24, 2.45) is 0 Å². The van der Waals surface area contributed by atoms with E-state index < -0.39 is 23.7 Å². The quantitative estimate of drug-likeness (QED) is 0.743. The number of amides is 1. The number of para-hydroxylation sites is 1. The molecule has 7 heteroatoms. The monoisotopic (exact) mass is 386 g/mol. The van der Waals surface area contributed by atoms with Crippen molar-refractivity contribution in [2.75, 3.05) is 5.32 Å². The molecule has 2 heterocycles. The van der Waals surface area contributed by atoms with Crippen molar-refractivity contribution in [3.8, 4) is 17.2 Å². The Labute approximate surface area is 166 Å². The number of nitrogens with one attached hydrogen (secondary N) is 1. The zero-order valence-corrected chi connectivity index (χ0v) is 15.6. The lowest BCUT2D eigenvalue weighted by molar-refractivity contribution is -0.116. The van der Waals surface area contributed by atoms with E-state index >= 15 is 0 Å². The molecule has 0 radical (unpaired) electrons. The number of nitrogens with zero attached hydrogens (tertiary/aromatic N) is 3. The van der Waals surface area contributed by atoms with E-state index in [1.807, 2.05) is 48.5 Å². The maximum absolute atomic E-state index is 12.7. The van der Waals surface area contributed by atoms with Crippen LogP contribution in [0.3, 0.4) is 0 Å². The molecule has 1 aromatic heterocycles. The second-order valence-corrected chi connectivity index (χ2v) is 6.82. The van der Waals surface area contributed by atoms with Gasteiger partial charge in [-0.2, -0.15) is 5.26 Å². The Kier molecular flexibility index (Phi) is 4.83. The molecule has 3 aromatic rings. The molecule has 0 atom stereocenters. The Morgan fingerprint density at radius 2 is 1.79 bits per heavy atom. The maximum Gasteiger partial charge on any atom is 0.331 e. The van der Waals surface area contributed by atoms with Gasteiger partial charge in [0.25, 0.3) is 5.56 Å². The van der Waals surface area contributed by atoms with Crippen LogP contribution in [0, 0.1) is 11.3 Å². The smallest absolute Gasteiger partial charge is 0.324 e. The predicted octanol–water partition coefficient (Wildman–Crippen LogP) is 2.13. The zero-order valence-electron chi connectivity index (χ0n) is 15.6. The van der Waals surface area contributed by atoms with Crippen LogP contribution in [-0.2, 0) is 24.3 Å². The fraction of sp³-hybridized carbons (Fsp3) is 0.182. The molecule has 0 spiro atoms. The lowest BCUT2D eigenvalue weighted by Crippen LogP contribution is -2.44. The van der Waals surface area contributed by atoms with E-state index in [-0.39, 0.29) is 5.56 Å². The van der Waals surface area contributed by atoms with Crippen LogP contribution >= 0.6 is 0 Å². The van der Waals surface area contributed by atoms with E-state index in [4.69, 9.17) is 0 Å². The predicted molar refractivity (Wildman–Crippen MR) is 109 cm³/mol. The number of carbonyl (C=O) groups is 1. The number of aromatic nitrogens is 2. The van der Waals surface area contributed by atoms with Crippen LogP contribution in [0.4, 0.5) is 5.69 Å². The van der Waals surface area contributed by atoms with E-state index in [1.165, 1.54) is 4.57 Å². The summed E-state index contributed by atoms with van der Waals surface area (Å²) in [6.45, 7) is -0.00264. The largest absolute Gasteiger partial charge is 0.331 e. The highest BCUT2D eigenvalue weighted by atomic mass is 16.2. The van der Waals surface area contributed by atoms with Crippen molar-refractivity contribution < 1.29 is 4.79 Å². The lowest BCUT2D eigenvalue weighted by Gasteiger charge is -2.13.